The normalized spacial score (nSPS) is 15.1. The van der Waals surface area contributed by atoms with Crippen molar-refractivity contribution in [1.82, 2.24) is 19.8 Å². The molecule has 1 aromatic carbocycles. The lowest BCUT2D eigenvalue weighted by atomic mass is 10.1. The smallest absolute Gasteiger partial charge is 0.340 e. The van der Waals surface area contributed by atoms with Crippen molar-refractivity contribution in [3.63, 3.8) is 0 Å². The summed E-state index contributed by atoms with van der Waals surface area (Å²) >= 11 is 0. The number of carbonyl (C=O) groups is 1. The molecule has 144 valence electrons. The van der Waals surface area contributed by atoms with Gasteiger partial charge in [-0.05, 0) is 43.5 Å². The van der Waals surface area contributed by atoms with E-state index in [4.69, 9.17) is 0 Å². The van der Waals surface area contributed by atoms with E-state index >= 15 is 0 Å². The first-order valence-electron chi connectivity index (χ1n) is 9.23. The van der Waals surface area contributed by atoms with Gasteiger partial charge in [0.2, 0.25) is 5.91 Å². The summed E-state index contributed by atoms with van der Waals surface area (Å²) in [6, 6.07) is 6.64. The fourth-order valence-corrected chi connectivity index (χ4v) is 3.56. The molecular formula is C20H25FN4O2. The number of amides is 1. The predicted octanol–water partition coefficient (Wildman–Crippen LogP) is 1.80. The van der Waals surface area contributed by atoms with Crippen molar-refractivity contribution in [1.29, 1.82) is 0 Å². The Morgan fingerprint density at radius 1 is 1.22 bits per heavy atom. The van der Waals surface area contributed by atoms with E-state index < -0.39 is 0 Å². The van der Waals surface area contributed by atoms with E-state index in [2.05, 4.69) is 14.9 Å². The number of benzene rings is 1. The number of hydrogen-bond acceptors (Lipinski definition) is 4. The highest BCUT2D eigenvalue weighted by Gasteiger charge is 2.21. The largest absolute Gasteiger partial charge is 0.345 e. The van der Waals surface area contributed by atoms with Crippen LogP contribution in [0.2, 0.25) is 0 Å². The standard InChI is InChI=1S/C20H25FN4O2/c1-14-18(15(2)23-20(27)22-14)6-7-19(26)25-10-8-24(9-11-25)13-16-4-3-5-17(21)12-16/h3-5,12H,6-11,13H2,1-2H3,(H,22,23,27). The second kappa shape index (κ2) is 8.43. The Bertz CT molecular complexity index is 846. The Morgan fingerprint density at radius 2 is 1.96 bits per heavy atom. The highest BCUT2D eigenvalue weighted by Crippen LogP contribution is 2.13. The Labute approximate surface area is 158 Å². The van der Waals surface area contributed by atoms with Crippen LogP contribution in [0.15, 0.2) is 29.1 Å². The molecule has 3 rings (SSSR count). The van der Waals surface area contributed by atoms with Crippen LogP contribution in [-0.4, -0.2) is 51.9 Å². The number of nitrogens with one attached hydrogen (secondary N) is 1. The van der Waals surface area contributed by atoms with E-state index in [1.165, 1.54) is 6.07 Å². The molecule has 7 heteroatoms. The van der Waals surface area contributed by atoms with Crippen LogP contribution in [0.4, 0.5) is 4.39 Å². The topological polar surface area (TPSA) is 69.3 Å². The first kappa shape index (κ1) is 19.2. The number of halogens is 1. The molecule has 2 aromatic rings. The van der Waals surface area contributed by atoms with Crippen molar-refractivity contribution in [2.24, 2.45) is 0 Å². The lowest BCUT2D eigenvalue weighted by Gasteiger charge is -2.35. The average Bonchev–Trinajstić information content (AvgIpc) is 2.61. The van der Waals surface area contributed by atoms with E-state index in [1.807, 2.05) is 17.9 Å². The number of carbonyl (C=O) groups excluding carboxylic acids is 1. The van der Waals surface area contributed by atoms with Crippen molar-refractivity contribution >= 4 is 5.91 Å². The number of nitrogens with zero attached hydrogens (tertiary/aromatic N) is 3. The fraction of sp³-hybridized carbons (Fsp3) is 0.450. The predicted molar refractivity (Wildman–Crippen MR) is 101 cm³/mol. The van der Waals surface area contributed by atoms with Crippen LogP contribution in [-0.2, 0) is 17.8 Å². The highest BCUT2D eigenvalue weighted by molar-refractivity contribution is 5.76. The van der Waals surface area contributed by atoms with Gasteiger partial charge in [0, 0.05) is 50.5 Å². The molecule has 1 N–H and O–H groups in total. The SMILES string of the molecule is Cc1nc(=O)[nH]c(C)c1CCC(=O)N1CCN(Cc2cccc(F)c2)CC1. The maximum Gasteiger partial charge on any atom is 0.345 e. The molecule has 0 unspecified atom stereocenters. The van der Waals surface area contributed by atoms with E-state index in [0.717, 1.165) is 29.9 Å². The summed E-state index contributed by atoms with van der Waals surface area (Å²) in [5.74, 6) is -0.103. The number of rotatable bonds is 5. The van der Waals surface area contributed by atoms with Crippen molar-refractivity contribution in [3.05, 3.63) is 63.1 Å². The lowest BCUT2D eigenvalue weighted by Crippen LogP contribution is -2.48. The van der Waals surface area contributed by atoms with Crippen molar-refractivity contribution in [3.8, 4) is 0 Å². The van der Waals surface area contributed by atoms with Gasteiger partial charge >= 0.3 is 5.69 Å². The van der Waals surface area contributed by atoms with Crippen LogP contribution in [0.3, 0.4) is 0 Å². The molecule has 1 aliphatic heterocycles. The summed E-state index contributed by atoms with van der Waals surface area (Å²) in [7, 11) is 0. The van der Waals surface area contributed by atoms with Gasteiger partial charge < -0.3 is 9.88 Å². The van der Waals surface area contributed by atoms with Crippen LogP contribution < -0.4 is 5.69 Å². The fourth-order valence-electron chi connectivity index (χ4n) is 3.56. The van der Waals surface area contributed by atoms with Gasteiger partial charge in [0.05, 0.1) is 0 Å². The zero-order valence-electron chi connectivity index (χ0n) is 15.8. The third-order valence-corrected chi connectivity index (χ3v) is 5.06. The minimum Gasteiger partial charge on any atom is -0.340 e. The second-order valence-electron chi connectivity index (χ2n) is 7.02. The molecule has 1 aliphatic rings. The Morgan fingerprint density at radius 3 is 2.63 bits per heavy atom. The summed E-state index contributed by atoms with van der Waals surface area (Å²) < 4.78 is 13.3. The van der Waals surface area contributed by atoms with E-state index in [9.17, 15) is 14.0 Å². The van der Waals surface area contributed by atoms with Crippen LogP contribution in [0.5, 0.6) is 0 Å². The van der Waals surface area contributed by atoms with Gasteiger partial charge in [0.15, 0.2) is 0 Å². The number of H-pyrrole nitrogens is 1. The monoisotopic (exact) mass is 372 g/mol. The lowest BCUT2D eigenvalue weighted by molar-refractivity contribution is -0.133. The summed E-state index contributed by atoms with van der Waals surface area (Å²) in [6.07, 6.45) is 0.975. The zero-order valence-corrected chi connectivity index (χ0v) is 15.8. The van der Waals surface area contributed by atoms with Gasteiger partial charge in [0.25, 0.3) is 0 Å². The van der Waals surface area contributed by atoms with Gasteiger partial charge in [-0.15, -0.1) is 0 Å². The van der Waals surface area contributed by atoms with Crippen molar-refractivity contribution in [2.45, 2.75) is 33.2 Å². The van der Waals surface area contributed by atoms with Gasteiger partial charge in [-0.3, -0.25) is 9.69 Å². The minimum atomic E-state index is -0.352. The highest BCUT2D eigenvalue weighted by atomic mass is 19.1. The number of hydrogen-bond donors (Lipinski definition) is 1. The molecule has 0 atom stereocenters. The van der Waals surface area contributed by atoms with Gasteiger partial charge in [-0.1, -0.05) is 12.1 Å². The van der Waals surface area contributed by atoms with Gasteiger partial charge in [-0.25, -0.2) is 9.18 Å². The number of aromatic nitrogens is 2. The molecule has 1 fully saturated rings. The summed E-state index contributed by atoms with van der Waals surface area (Å²) in [5, 5.41) is 0. The average molecular weight is 372 g/mol. The Balaban J connectivity index is 1.49. The summed E-state index contributed by atoms with van der Waals surface area (Å²) in [5.41, 5.74) is 3.00. The summed E-state index contributed by atoms with van der Waals surface area (Å²) in [4.78, 5) is 34.6. The van der Waals surface area contributed by atoms with E-state index in [1.54, 1.807) is 19.1 Å². The first-order valence-corrected chi connectivity index (χ1v) is 9.23. The van der Waals surface area contributed by atoms with Crippen LogP contribution >= 0.6 is 0 Å². The first-order chi connectivity index (χ1) is 12.9. The number of aryl methyl sites for hydroxylation is 2. The van der Waals surface area contributed by atoms with Crippen LogP contribution in [0.1, 0.15) is 28.9 Å². The third kappa shape index (κ3) is 5.01. The molecule has 0 aliphatic carbocycles. The third-order valence-electron chi connectivity index (χ3n) is 5.06. The molecular weight excluding hydrogens is 347 g/mol. The number of aromatic amines is 1. The molecule has 0 radical (unpaired) electrons. The molecule has 6 nitrogen and oxygen atoms in total. The minimum absolute atomic E-state index is 0.116. The molecule has 0 bridgehead atoms. The molecule has 2 heterocycles. The van der Waals surface area contributed by atoms with Crippen molar-refractivity contribution in [2.75, 3.05) is 26.2 Å². The van der Waals surface area contributed by atoms with Gasteiger partial charge in [0.1, 0.15) is 5.82 Å². The maximum absolute atomic E-state index is 13.3. The van der Waals surface area contributed by atoms with E-state index in [-0.39, 0.29) is 17.4 Å². The molecule has 1 aromatic heterocycles. The molecule has 1 amide bonds. The Kier molecular flexibility index (Phi) is 6.01. The molecule has 1 saturated heterocycles. The van der Waals surface area contributed by atoms with Crippen LogP contribution in [0.25, 0.3) is 0 Å². The summed E-state index contributed by atoms with van der Waals surface area (Å²) in [6.45, 7) is 7.24. The van der Waals surface area contributed by atoms with Crippen molar-refractivity contribution < 1.29 is 9.18 Å². The van der Waals surface area contributed by atoms with Crippen LogP contribution in [0, 0.1) is 19.7 Å². The maximum atomic E-state index is 13.3. The quantitative estimate of drug-likeness (QED) is 0.869. The Hall–Kier alpha value is -2.54. The van der Waals surface area contributed by atoms with E-state index in [0.29, 0.717) is 38.2 Å². The molecule has 0 saturated carbocycles. The van der Waals surface area contributed by atoms with Gasteiger partial charge in [-0.2, -0.15) is 4.98 Å². The zero-order chi connectivity index (χ0) is 19.4. The molecule has 27 heavy (non-hydrogen) atoms. The molecule has 0 spiro atoms. The number of piperazine rings is 1. The second-order valence-corrected chi connectivity index (χ2v) is 7.02.